The Hall–Kier alpha value is -1.65. The summed E-state index contributed by atoms with van der Waals surface area (Å²) in [4.78, 5) is 7.94. The fraction of sp³-hybridized carbons (Fsp3) is 0.375. The highest BCUT2D eigenvalue weighted by Crippen LogP contribution is 2.02. The molecule has 0 bridgehead atoms. The zero-order chi connectivity index (χ0) is 9.68. The van der Waals surface area contributed by atoms with Crippen molar-refractivity contribution in [3.05, 3.63) is 18.0 Å². The molecule has 13 heavy (non-hydrogen) atoms. The number of hydrogen-bond acceptors (Lipinski definition) is 4. The summed E-state index contributed by atoms with van der Waals surface area (Å²) in [5.74, 6) is 0.0844. The second-order valence-electron chi connectivity index (χ2n) is 2.47. The van der Waals surface area contributed by atoms with Gasteiger partial charge < -0.3 is 10.5 Å². The van der Waals surface area contributed by atoms with Crippen molar-refractivity contribution in [2.24, 2.45) is 5.73 Å². The van der Waals surface area contributed by atoms with E-state index in [4.69, 9.17) is 15.9 Å². The van der Waals surface area contributed by atoms with Gasteiger partial charge in [-0.3, -0.25) is 5.41 Å². The van der Waals surface area contributed by atoms with Gasteiger partial charge in [-0.25, -0.2) is 4.98 Å². The third-order valence-electron chi connectivity index (χ3n) is 1.34. The average molecular weight is 180 g/mol. The van der Waals surface area contributed by atoms with Crippen molar-refractivity contribution in [3.63, 3.8) is 0 Å². The zero-order valence-corrected chi connectivity index (χ0v) is 7.45. The highest BCUT2D eigenvalue weighted by molar-refractivity contribution is 5.78. The summed E-state index contributed by atoms with van der Waals surface area (Å²) >= 11 is 0. The molecular weight excluding hydrogens is 168 g/mol. The molecule has 0 saturated carbocycles. The first-order valence-corrected chi connectivity index (χ1v) is 4.00. The van der Waals surface area contributed by atoms with E-state index in [-0.39, 0.29) is 5.84 Å². The molecule has 0 spiro atoms. The second-order valence-corrected chi connectivity index (χ2v) is 2.47. The molecule has 3 N–H and O–H groups in total. The van der Waals surface area contributed by atoms with E-state index in [9.17, 15) is 0 Å². The van der Waals surface area contributed by atoms with Crippen molar-refractivity contribution >= 4 is 5.84 Å². The summed E-state index contributed by atoms with van der Waals surface area (Å²) in [6, 6.07) is 2.05. The molecule has 1 heterocycles. The van der Waals surface area contributed by atoms with Crippen LogP contribution in [0, 0.1) is 5.41 Å². The van der Waals surface area contributed by atoms with Crippen molar-refractivity contribution in [2.45, 2.75) is 13.3 Å². The normalized spacial score (nSPS) is 9.62. The Balaban J connectivity index is 2.73. The van der Waals surface area contributed by atoms with Gasteiger partial charge in [0, 0.05) is 12.6 Å². The minimum Gasteiger partial charge on any atom is -0.464 e. The molecule has 1 aromatic rings. The standard InChI is InChI=1S/C8H12N4O/c1-2-13-8-11-4-3-6(12-8)5-7(9)10/h3-4H,2,5H2,1H3,(H3,9,10). The number of ether oxygens (including phenoxy) is 1. The van der Waals surface area contributed by atoms with Crippen molar-refractivity contribution in [3.8, 4) is 6.01 Å². The molecule has 0 saturated heterocycles. The van der Waals surface area contributed by atoms with E-state index in [2.05, 4.69) is 9.97 Å². The largest absolute Gasteiger partial charge is 0.464 e. The van der Waals surface area contributed by atoms with Crippen LogP contribution in [0.2, 0.25) is 0 Å². The smallest absolute Gasteiger partial charge is 0.316 e. The van der Waals surface area contributed by atoms with Crippen LogP contribution in [-0.4, -0.2) is 22.4 Å². The lowest BCUT2D eigenvalue weighted by Gasteiger charge is -2.02. The Bertz CT molecular complexity index is 300. The Morgan fingerprint density at radius 1 is 1.69 bits per heavy atom. The van der Waals surface area contributed by atoms with E-state index in [1.54, 1.807) is 12.3 Å². The number of amidine groups is 1. The van der Waals surface area contributed by atoms with E-state index in [0.717, 1.165) is 0 Å². The summed E-state index contributed by atoms with van der Waals surface area (Å²) in [6.45, 7) is 2.39. The highest BCUT2D eigenvalue weighted by atomic mass is 16.5. The minimum absolute atomic E-state index is 0.0844. The van der Waals surface area contributed by atoms with Crippen LogP contribution >= 0.6 is 0 Å². The fourth-order valence-corrected chi connectivity index (χ4v) is 0.868. The summed E-state index contributed by atoms with van der Waals surface area (Å²) in [7, 11) is 0. The Kier molecular flexibility index (Phi) is 3.19. The lowest BCUT2D eigenvalue weighted by atomic mass is 10.3. The van der Waals surface area contributed by atoms with Gasteiger partial charge in [0.1, 0.15) is 0 Å². The molecule has 1 rings (SSSR count). The van der Waals surface area contributed by atoms with Crippen LogP contribution < -0.4 is 10.5 Å². The first kappa shape index (κ1) is 9.44. The highest BCUT2D eigenvalue weighted by Gasteiger charge is 2.00. The van der Waals surface area contributed by atoms with Crippen LogP contribution in [0.15, 0.2) is 12.3 Å². The second kappa shape index (κ2) is 4.39. The van der Waals surface area contributed by atoms with Gasteiger partial charge in [-0.05, 0) is 13.0 Å². The van der Waals surface area contributed by atoms with Gasteiger partial charge >= 0.3 is 6.01 Å². The predicted molar refractivity (Wildman–Crippen MR) is 48.8 cm³/mol. The van der Waals surface area contributed by atoms with Crippen molar-refractivity contribution in [2.75, 3.05) is 6.61 Å². The topological polar surface area (TPSA) is 84.9 Å². The molecule has 0 aliphatic heterocycles. The Morgan fingerprint density at radius 3 is 3.08 bits per heavy atom. The van der Waals surface area contributed by atoms with Crippen molar-refractivity contribution in [1.82, 2.24) is 9.97 Å². The number of rotatable bonds is 4. The first-order chi connectivity index (χ1) is 6.22. The van der Waals surface area contributed by atoms with Crippen LogP contribution in [0.5, 0.6) is 6.01 Å². The Labute approximate surface area is 76.5 Å². The van der Waals surface area contributed by atoms with E-state index < -0.39 is 0 Å². The fourth-order valence-electron chi connectivity index (χ4n) is 0.868. The molecule has 0 unspecified atom stereocenters. The van der Waals surface area contributed by atoms with E-state index in [1.807, 2.05) is 6.92 Å². The molecule has 5 heteroatoms. The van der Waals surface area contributed by atoms with E-state index >= 15 is 0 Å². The molecule has 70 valence electrons. The summed E-state index contributed by atoms with van der Waals surface area (Å²) in [6.07, 6.45) is 1.93. The van der Waals surface area contributed by atoms with Crippen molar-refractivity contribution in [1.29, 1.82) is 5.41 Å². The van der Waals surface area contributed by atoms with E-state index in [1.165, 1.54) is 0 Å². The number of hydrogen-bond donors (Lipinski definition) is 2. The van der Waals surface area contributed by atoms with Gasteiger partial charge in [-0.15, -0.1) is 0 Å². The third kappa shape index (κ3) is 3.06. The third-order valence-corrected chi connectivity index (χ3v) is 1.34. The van der Waals surface area contributed by atoms with E-state index in [0.29, 0.717) is 24.7 Å². The molecule has 0 aromatic carbocycles. The predicted octanol–water partition coefficient (Wildman–Crippen LogP) is 0.354. The number of aromatic nitrogens is 2. The van der Waals surface area contributed by atoms with Gasteiger partial charge in [0.2, 0.25) is 0 Å². The van der Waals surface area contributed by atoms with Gasteiger partial charge in [-0.2, -0.15) is 4.98 Å². The number of nitrogens with two attached hydrogens (primary N) is 1. The average Bonchev–Trinajstić information content (AvgIpc) is 2.04. The molecule has 0 aliphatic rings. The molecule has 0 amide bonds. The van der Waals surface area contributed by atoms with Crippen molar-refractivity contribution < 1.29 is 4.74 Å². The minimum atomic E-state index is 0.0844. The van der Waals surface area contributed by atoms with Gasteiger partial charge in [0.05, 0.1) is 18.1 Å². The molecule has 1 aromatic heterocycles. The maximum Gasteiger partial charge on any atom is 0.316 e. The lowest BCUT2D eigenvalue weighted by molar-refractivity contribution is 0.311. The van der Waals surface area contributed by atoms with Crippen LogP contribution in [0.3, 0.4) is 0 Å². The zero-order valence-electron chi connectivity index (χ0n) is 7.45. The maximum atomic E-state index is 7.08. The van der Waals surface area contributed by atoms with Gasteiger partial charge in [-0.1, -0.05) is 0 Å². The molecular formula is C8H12N4O. The first-order valence-electron chi connectivity index (χ1n) is 4.00. The Morgan fingerprint density at radius 2 is 2.46 bits per heavy atom. The lowest BCUT2D eigenvalue weighted by Crippen LogP contribution is -2.14. The number of nitrogens with one attached hydrogen (secondary N) is 1. The molecule has 5 nitrogen and oxygen atoms in total. The summed E-state index contributed by atoms with van der Waals surface area (Å²) in [5.41, 5.74) is 5.93. The summed E-state index contributed by atoms with van der Waals surface area (Å²) < 4.78 is 5.09. The molecule has 0 radical (unpaired) electrons. The summed E-state index contributed by atoms with van der Waals surface area (Å²) in [5, 5.41) is 7.08. The monoisotopic (exact) mass is 180 g/mol. The number of nitrogens with zero attached hydrogens (tertiary/aromatic N) is 2. The quantitative estimate of drug-likeness (QED) is 0.517. The van der Waals surface area contributed by atoms with Gasteiger partial charge in [0.25, 0.3) is 0 Å². The SMILES string of the molecule is CCOc1nccc(CC(=N)N)n1. The van der Waals surface area contributed by atoms with Crippen LogP contribution in [0.1, 0.15) is 12.6 Å². The van der Waals surface area contributed by atoms with Gasteiger partial charge in [0.15, 0.2) is 0 Å². The van der Waals surface area contributed by atoms with Crippen LogP contribution in [0.25, 0.3) is 0 Å². The molecule has 0 aliphatic carbocycles. The molecule has 0 fully saturated rings. The van der Waals surface area contributed by atoms with Crippen LogP contribution in [-0.2, 0) is 6.42 Å². The van der Waals surface area contributed by atoms with Crippen LogP contribution in [0.4, 0.5) is 0 Å². The molecule has 0 atom stereocenters. The maximum absolute atomic E-state index is 7.08.